The molecule has 2 N–H and O–H groups in total. The smallest absolute Gasteiger partial charge is 0.341 e. The zero-order valence-electron chi connectivity index (χ0n) is 17.6. The van der Waals surface area contributed by atoms with Crippen LogP contribution in [0.4, 0.5) is 0 Å². The average Bonchev–Trinajstić information content (AvgIpc) is 2.75. The summed E-state index contributed by atoms with van der Waals surface area (Å²) in [6, 6.07) is 14.9. The molecular weight excluding hydrogens is 394 g/mol. The quantitative estimate of drug-likeness (QED) is 0.672. The van der Waals surface area contributed by atoms with Crippen molar-refractivity contribution in [2.45, 2.75) is 51.3 Å². The van der Waals surface area contributed by atoms with Crippen LogP contribution in [0.1, 0.15) is 36.0 Å². The molecule has 1 aliphatic rings. The van der Waals surface area contributed by atoms with Crippen LogP contribution in [0, 0.1) is 18.8 Å². The second-order valence-electron chi connectivity index (χ2n) is 7.71. The molecule has 2 aromatic carbocycles. The van der Waals surface area contributed by atoms with Crippen molar-refractivity contribution in [1.29, 1.82) is 0 Å². The number of carboxylic acids is 1. The summed E-state index contributed by atoms with van der Waals surface area (Å²) >= 11 is 0. The molecule has 0 bridgehead atoms. The van der Waals surface area contributed by atoms with Crippen molar-refractivity contribution in [1.82, 2.24) is 4.90 Å². The number of amides is 1. The number of carboxylic acid groups (broad SMARTS) is 1. The Hall–Kier alpha value is -3.30. The third kappa shape index (κ3) is 6.59. The summed E-state index contributed by atoms with van der Waals surface area (Å²) in [6.45, 7) is 1.78. The Labute approximate surface area is 182 Å². The molecule has 2 aromatic rings. The third-order valence-corrected chi connectivity index (χ3v) is 5.21. The number of rotatable bonds is 7. The van der Waals surface area contributed by atoms with Crippen LogP contribution in [0.25, 0.3) is 0 Å². The van der Waals surface area contributed by atoms with Gasteiger partial charge in [-0.2, -0.15) is 0 Å². The lowest BCUT2D eigenvalue weighted by Crippen LogP contribution is -2.42. The van der Waals surface area contributed by atoms with Crippen molar-refractivity contribution >= 4 is 11.9 Å². The minimum Gasteiger partial charge on any atom is -0.482 e. The maximum Gasteiger partial charge on any atom is 0.341 e. The maximum atomic E-state index is 12.6. The van der Waals surface area contributed by atoms with E-state index in [0.717, 1.165) is 29.5 Å². The first-order chi connectivity index (χ1) is 14.9. The van der Waals surface area contributed by atoms with Crippen molar-refractivity contribution in [3.63, 3.8) is 0 Å². The Morgan fingerprint density at radius 1 is 1.23 bits per heavy atom. The predicted molar refractivity (Wildman–Crippen MR) is 116 cm³/mol. The highest BCUT2D eigenvalue weighted by Crippen LogP contribution is 2.24. The number of piperidine rings is 1. The van der Waals surface area contributed by atoms with Gasteiger partial charge in [0.25, 0.3) is 0 Å². The lowest BCUT2D eigenvalue weighted by molar-refractivity contribution is -0.139. The fourth-order valence-electron chi connectivity index (χ4n) is 3.58. The normalized spacial score (nSPS) is 16.9. The largest absolute Gasteiger partial charge is 0.482 e. The van der Waals surface area contributed by atoms with Crippen molar-refractivity contribution < 1.29 is 24.5 Å². The van der Waals surface area contributed by atoms with Crippen molar-refractivity contribution in [2.75, 3.05) is 6.61 Å². The van der Waals surface area contributed by atoms with Gasteiger partial charge in [0.1, 0.15) is 11.9 Å². The van der Waals surface area contributed by atoms with Gasteiger partial charge in [-0.15, -0.1) is 0 Å². The van der Waals surface area contributed by atoms with Gasteiger partial charge < -0.3 is 19.8 Å². The van der Waals surface area contributed by atoms with E-state index in [-0.39, 0.29) is 11.9 Å². The highest BCUT2D eigenvalue weighted by atomic mass is 16.5. The molecule has 6 nitrogen and oxygen atoms in total. The molecule has 1 amide bonds. The molecule has 0 aliphatic carbocycles. The van der Waals surface area contributed by atoms with Gasteiger partial charge in [-0.25, -0.2) is 4.79 Å². The molecule has 2 atom stereocenters. The van der Waals surface area contributed by atoms with Crippen molar-refractivity contribution in [3.05, 3.63) is 65.2 Å². The number of benzene rings is 2. The van der Waals surface area contributed by atoms with Crippen LogP contribution in [-0.2, 0) is 22.6 Å². The third-order valence-electron chi connectivity index (χ3n) is 5.21. The van der Waals surface area contributed by atoms with Gasteiger partial charge >= 0.3 is 5.97 Å². The summed E-state index contributed by atoms with van der Waals surface area (Å²) in [6.07, 6.45) is 1.64. The Kier molecular flexibility index (Phi) is 7.69. The van der Waals surface area contributed by atoms with Gasteiger partial charge in [0.15, 0.2) is 6.61 Å². The molecule has 1 fully saturated rings. The highest BCUT2D eigenvalue weighted by Gasteiger charge is 2.27. The zero-order chi connectivity index (χ0) is 22.2. The molecule has 0 aromatic heterocycles. The van der Waals surface area contributed by atoms with Crippen LogP contribution in [0.5, 0.6) is 5.75 Å². The molecule has 1 unspecified atom stereocenters. The minimum atomic E-state index is -1.04. The van der Waals surface area contributed by atoms with Crippen molar-refractivity contribution in [3.8, 4) is 17.6 Å². The average molecular weight is 421 g/mol. The fourth-order valence-corrected chi connectivity index (χ4v) is 3.58. The number of carbonyl (C=O) groups is 2. The second kappa shape index (κ2) is 10.6. The SMILES string of the molecule is Cc1ccc(CN2C(=O)CCC[C@@H]2C#CC(O)Cc2ccccc2)cc1OCC(=O)O. The molecule has 0 spiro atoms. The monoisotopic (exact) mass is 421 g/mol. The number of likely N-dealkylation sites (tertiary alicyclic amines) is 1. The number of aliphatic carboxylic acids is 1. The molecule has 3 rings (SSSR count). The van der Waals surface area contributed by atoms with E-state index < -0.39 is 18.7 Å². The summed E-state index contributed by atoms with van der Waals surface area (Å²) in [5, 5.41) is 19.2. The first-order valence-electron chi connectivity index (χ1n) is 10.4. The Bertz CT molecular complexity index is 976. The molecule has 1 saturated heterocycles. The number of nitrogens with zero attached hydrogens (tertiary/aromatic N) is 1. The van der Waals surface area contributed by atoms with Crippen molar-refractivity contribution in [2.24, 2.45) is 0 Å². The highest BCUT2D eigenvalue weighted by molar-refractivity contribution is 5.78. The molecule has 1 heterocycles. The lowest BCUT2D eigenvalue weighted by Gasteiger charge is -2.33. The van der Waals surface area contributed by atoms with E-state index in [2.05, 4.69) is 11.8 Å². The maximum absolute atomic E-state index is 12.6. The second-order valence-corrected chi connectivity index (χ2v) is 7.71. The molecule has 162 valence electrons. The first kappa shape index (κ1) is 22.4. The van der Waals surface area contributed by atoms with E-state index >= 15 is 0 Å². The molecule has 6 heteroatoms. The van der Waals surface area contributed by atoms with Crippen LogP contribution in [0.3, 0.4) is 0 Å². The van der Waals surface area contributed by atoms with Gasteiger partial charge in [-0.1, -0.05) is 54.3 Å². The number of ether oxygens (including phenoxy) is 1. The van der Waals surface area contributed by atoms with Crippen LogP contribution in [0.15, 0.2) is 48.5 Å². The minimum absolute atomic E-state index is 0.0247. The van der Waals surface area contributed by atoms with Gasteiger partial charge in [-0.3, -0.25) is 4.79 Å². The number of aliphatic hydroxyl groups excluding tert-OH is 1. The summed E-state index contributed by atoms with van der Waals surface area (Å²) in [5.41, 5.74) is 2.68. The number of hydrogen-bond acceptors (Lipinski definition) is 4. The van der Waals surface area contributed by atoms with E-state index in [1.807, 2.05) is 49.4 Å². The number of aliphatic hydroxyl groups is 1. The Morgan fingerprint density at radius 3 is 2.74 bits per heavy atom. The van der Waals surface area contributed by atoms with Gasteiger partial charge in [0, 0.05) is 19.4 Å². The summed E-state index contributed by atoms with van der Waals surface area (Å²) in [7, 11) is 0. The van der Waals surface area contributed by atoms with E-state index in [9.17, 15) is 14.7 Å². The van der Waals surface area contributed by atoms with Crippen LogP contribution >= 0.6 is 0 Å². The molecule has 31 heavy (non-hydrogen) atoms. The molecule has 0 radical (unpaired) electrons. The van der Waals surface area contributed by atoms with E-state index in [0.29, 0.717) is 25.1 Å². The van der Waals surface area contributed by atoms with Crippen LogP contribution in [-0.4, -0.2) is 45.7 Å². The van der Waals surface area contributed by atoms with Crippen LogP contribution in [0.2, 0.25) is 0 Å². The lowest BCUT2D eigenvalue weighted by atomic mass is 9.99. The van der Waals surface area contributed by atoms with E-state index in [1.54, 1.807) is 11.0 Å². The number of hydrogen-bond donors (Lipinski definition) is 2. The molecule has 1 aliphatic heterocycles. The predicted octanol–water partition coefficient (Wildman–Crippen LogP) is 2.95. The van der Waals surface area contributed by atoms with E-state index in [1.165, 1.54) is 0 Å². The summed E-state index contributed by atoms with van der Waals surface area (Å²) in [5.74, 6) is 5.49. The number of aryl methyl sites for hydroxylation is 1. The van der Waals surface area contributed by atoms with Gasteiger partial charge in [0.05, 0.1) is 6.04 Å². The fraction of sp³-hybridized carbons (Fsp3) is 0.360. The van der Waals surface area contributed by atoms with E-state index in [4.69, 9.17) is 9.84 Å². The topological polar surface area (TPSA) is 87.1 Å². The number of carbonyl (C=O) groups excluding carboxylic acids is 1. The zero-order valence-corrected chi connectivity index (χ0v) is 17.6. The van der Waals surface area contributed by atoms with Gasteiger partial charge in [0.2, 0.25) is 5.91 Å². The summed E-state index contributed by atoms with van der Waals surface area (Å²) in [4.78, 5) is 25.1. The molecular formula is C25H27NO5. The molecule has 0 saturated carbocycles. The first-order valence-corrected chi connectivity index (χ1v) is 10.4. The Morgan fingerprint density at radius 2 is 2.00 bits per heavy atom. The Balaban J connectivity index is 1.71. The standard InChI is InChI=1S/C25H27NO5/c1-18-10-11-20(15-23(18)31-17-25(29)30)16-26-21(8-5-9-24(26)28)12-13-22(27)14-19-6-3-2-4-7-19/h2-4,6-7,10-11,15,21-22,27H,5,8-9,14,16-17H2,1H3,(H,29,30)/t21-,22?/m1/s1. The van der Waals surface area contributed by atoms with Gasteiger partial charge in [-0.05, 0) is 42.5 Å². The van der Waals surface area contributed by atoms with Crippen LogP contribution < -0.4 is 4.74 Å². The summed E-state index contributed by atoms with van der Waals surface area (Å²) < 4.78 is 5.35.